The van der Waals surface area contributed by atoms with Crippen LogP contribution in [0.3, 0.4) is 0 Å². The maximum absolute atomic E-state index is 13.4. The fourth-order valence-electron chi connectivity index (χ4n) is 8.76. The second kappa shape index (κ2) is 53.3. The zero-order valence-corrected chi connectivity index (χ0v) is 49.4. The molecule has 18 nitrogen and oxygen atoms in total. The molecule has 0 spiro atoms. The normalized spacial score (nSPS) is 12.6. The van der Waals surface area contributed by atoms with Crippen LogP contribution in [0, 0.1) is 5.92 Å². The Labute approximate surface area is 469 Å². The lowest BCUT2D eigenvalue weighted by molar-refractivity contribution is -0.142. The Hall–Kier alpha value is -3.39. The number of ether oxygens (including phenoxy) is 3. The minimum Gasteiger partial charge on any atom is -0.468 e. The lowest BCUT2D eigenvalue weighted by atomic mass is 9.99. The Morgan fingerprint density at radius 1 is 0.519 bits per heavy atom. The highest BCUT2D eigenvalue weighted by molar-refractivity contribution is 7.99. The van der Waals surface area contributed by atoms with E-state index in [9.17, 15) is 44.1 Å². The number of carbonyl (C=O) groups excluding carboxylic acids is 6. The van der Waals surface area contributed by atoms with Crippen molar-refractivity contribution in [1.29, 1.82) is 0 Å². The van der Waals surface area contributed by atoms with Crippen LogP contribution in [0.4, 0.5) is 9.59 Å². The van der Waals surface area contributed by atoms with E-state index >= 15 is 0 Å². The molecule has 5 amide bonds. The highest BCUT2D eigenvalue weighted by Crippen LogP contribution is 2.19. The van der Waals surface area contributed by atoms with Crippen LogP contribution in [-0.2, 0) is 33.4 Å². The number of rotatable bonds is 55. The van der Waals surface area contributed by atoms with E-state index in [0.29, 0.717) is 25.9 Å². The van der Waals surface area contributed by atoms with Gasteiger partial charge >= 0.3 is 18.2 Å². The van der Waals surface area contributed by atoms with Crippen molar-refractivity contribution in [2.75, 3.05) is 71.2 Å². The van der Waals surface area contributed by atoms with Gasteiger partial charge in [-0.3, -0.25) is 19.2 Å². The minimum atomic E-state index is -1.67. The van der Waals surface area contributed by atoms with Crippen LogP contribution in [0.2, 0.25) is 0 Å². The van der Waals surface area contributed by atoms with Crippen molar-refractivity contribution in [3.63, 3.8) is 0 Å². The smallest absolute Gasteiger partial charge is 0.407 e. The minimum absolute atomic E-state index is 0.0275. The van der Waals surface area contributed by atoms with Crippen molar-refractivity contribution in [3.8, 4) is 0 Å². The third-order valence-electron chi connectivity index (χ3n) is 14.0. The molecule has 0 heterocycles. The molecule has 452 valence electrons. The van der Waals surface area contributed by atoms with Gasteiger partial charge < -0.3 is 61.8 Å². The first-order chi connectivity index (χ1) is 37.4. The van der Waals surface area contributed by atoms with E-state index < -0.39 is 67.5 Å². The SMILES string of the molecule is CCCCCCCCCCCCCCCCCNC(=O)OCC(CNC(=O)CCSCC(CCC(=O)NCCCC(N)C(=O)OC)C(=O)NC(CO)(CO)CO)OC(=O)NCCCCCCCCCCCCCCCCC. The van der Waals surface area contributed by atoms with Crippen LogP contribution >= 0.6 is 11.8 Å². The van der Waals surface area contributed by atoms with Gasteiger partial charge in [0.05, 0.1) is 33.5 Å². The maximum atomic E-state index is 13.4. The molecule has 0 rings (SSSR count). The summed E-state index contributed by atoms with van der Waals surface area (Å²) in [5.41, 5.74) is 4.09. The fourth-order valence-corrected chi connectivity index (χ4v) is 9.86. The number of nitrogens with two attached hydrogens (primary N) is 1. The van der Waals surface area contributed by atoms with E-state index in [0.717, 1.165) is 38.5 Å². The van der Waals surface area contributed by atoms with Crippen molar-refractivity contribution in [2.45, 2.75) is 256 Å². The second-order valence-corrected chi connectivity index (χ2v) is 22.3. The number of aliphatic hydroxyl groups is 3. The molecule has 0 bridgehead atoms. The lowest BCUT2D eigenvalue weighted by Gasteiger charge is -2.30. The summed E-state index contributed by atoms with van der Waals surface area (Å²) in [5.74, 6) is -2.19. The van der Waals surface area contributed by atoms with E-state index in [4.69, 9.17) is 15.2 Å². The first kappa shape index (κ1) is 73.6. The third kappa shape index (κ3) is 45.1. The number of alkyl carbamates (subject to hydrolysis) is 2. The molecule has 0 saturated heterocycles. The highest BCUT2D eigenvalue weighted by Gasteiger charge is 2.33. The quantitative estimate of drug-likeness (QED) is 0.0156. The largest absolute Gasteiger partial charge is 0.468 e. The summed E-state index contributed by atoms with van der Waals surface area (Å²) in [6, 6.07) is -0.807. The van der Waals surface area contributed by atoms with Gasteiger partial charge in [0.15, 0.2) is 6.10 Å². The number of hydrogen-bond acceptors (Lipinski definition) is 14. The topological polar surface area (TPSA) is 277 Å². The van der Waals surface area contributed by atoms with Gasteiger partial charge in [0, 0.05) is 49.9 Å². The van der Waals surface area contributed by atoms with E-state index in [1.54, 1.807) is 0 Å². The highest BCUT2D eigenvalue weighted by atomic mass is 32.2. The van der Waals surface area contributed by atoms with Crippen molar-refractivity contribution >= 4 is 47.6 Å². The molecule has 3 unspecified atom stereocenters. The molecule has 0 aliphatic carbocycles. The fraction of sp³-hybridized carbons (Fsp3) is 0.897. The van der Waals surface area contributed by atoms with Crippen molar-refractivity contribution in [2.24, 2.45) is 11.7 Å². The summed E-state index contributed by atoms with van der Waals surface area (Å²) in [7, 11) is 1.24. The van der Waals surface area contributed by atoms with E-state index in [1.165, 1.54) is 173 Å². The van der Waals surface area contributed by atoms with E-state index in [2.05, 4.69) is 45.2 Å². The van der Waals surface area contributed by atoms with E-state index in [-0.39, 0.29) is 62.3 Å². The summed E-state index contributed by atoms with van der Waals surface area (Å²) < 4.78 is 15.7. The number of esters is 1. The Morgan fingerprint density at radius 2 is 0.935 bits per heavy atom. The molecule has 0 aliphatic rings. The van der Waals surface area contributed by atoms with Gasteiger partial charge in [-0.05, 0) is 32.1 Å². The van der Waals surface area contributed by atoms with Gasteiger partial charge in [-0.25, -0.2) is 9.59 Å². The molecule has 19 heteroatoms. The van der Waals surface area contributed by atoms with Crippen LogP contribution < -0.4 is 32.3 Å². The molecular formula is C58H112N6O12S. The number of methoxy groups -OCH3 is 1. The summed E-state index contributed by atoms with van der Waals surface area (Å²) in [6.07, 6.45) is 35.9. The average molecular weight is 1120 g/mol. The lowest BCUT2D eigenvalue weighted by Crippen LogP contribution is -2.58. The summed E-state index contributed by atoms with van der Waals surface area (Å²) in [5, 5.41) is 43.0. The summed E-state index contributed by atoms with van der Waals surface area (Å²) in [6.45, 7) is 3.12. The molecule has 0 radical (unpaired) electrons. The van der Waals surface area contributed by atoms with Gasteiger partial charge in [-0.1, -0.05) is 194 Å². The van der Waals surface area contributed by atoms with Gasteiger partial charge in [-0.15, -0.1) is 0 Å². The molecule has 0 aromatic rings. The van der Waals surface area contributed by atoms with Crippen LogP contribution in [0.15, 0.2) is 0 Å². The number of unbranched alkanes of at least 4 members (excludes halogenated alkanes) is 28. The molecular weight excluding hydrogens is 1000 g/mol. The Bertz CT molecular complexity index is 1460. The molecule has 0 aromatic carbocycles. The molecule has 77 heavy (non-hydrogen) atoms. The number of hydrogen-bond donors (Lipinski definition) is 9. The number of carbonyl (C=O) groups is 6. The monoisotopic (exact) mass is 1120 g/mol. The summed E-state index contributed by atoms with van der Waals surface area (Å²) in [4.78, 5) is 76.2. The van der Waals surface area contributed by atoms with Crippen LogP contribution in [0.5, 0.6) is 0 Å². The molecule has 0 aromatic heterocycles. The number of thioether (sulfide) groups is 1. The zero-order valence-electron chi connectivity index (χ0n) is 48.6. The first-order valence-corrected chi connectivity index (χ1v) is 31.5. The maximum Gasteiger partial charge on any atom is 0.407 e. The third-order valence-corrected chi connectivity index (χ3v) is 15.1. The molecule has 10 N–H and O–H groups in total. The number of aliphatic hydroxyl groups excluding tert-OH is 3. The van der Waals surface area contributed by atoms with Crippen molar-refractivity contribution < 1.29 is 58.3 Å². The molecule has 0 saturated carbocycles. The predicted molar refractivity (Wildman–Crippen MR) is 310 cm³/mol. The number of amides is 5. The molecule has 3 atom stereocenters. The Kier molecular flexibility index (Phi) is 50.9. The van der Waals surface area contributed by atoms with Crippen LogP contribution in [-0.4, -0.2) is 140 Å². The predicted octanol–water partition coefficient (Wildman–Crippen LogP) is 9.41. The van der Waals surface area contributed by atoms with Crippen molar-refractivity contribution in [3.05, 3.63) is 0 Å². The standard InChI is InChI=1S/C58H112N6O12S/c1-4-6-8-10-12-14-16-18-20-22-24-26-28-30-32-39-61-56(72)75-44-50(76-57(73)62-40-33-31-29-27-25-23-21-19-17-15-13-11-9-7-5-2)43-63-53(69)38-42-77-45-49(54(70)64-58(46-65,47-66)48-67)36-37-52(68)60-41-34-35-51(59)55(71)74-3/h49-51,65-67H,4-48,59H2,1-3H3,(H,60,68)(H,61,72)(H,62,73)(H,63,69)(H,64,70). The first-order valence-electron chi connectivity index (χ1n) is 30.3. The van der Waals surface area contributed by atoms with E-state index in [1.807, 2.05) is 0 Å². The summed E-state index contributed by atoms with van der Waals surface area (Å²) >= 11 is 1.28. The number of nitrogens with one attached hydrogen (secondary N) is 5. The van der Waals surface area contributed by atoms with Crippen LogP contribution in [0.1, 0.15) is 239 Å². The average Bonchev–Trinajstić information content (AvgIpc) is 3.43. The molecule has 0 aliphatic heterocycles. The van der Waals surface area contributed by atoms with Crippen LogP contribution in [0.25, 0.3) is 0 Å². The van der Waals surface area contributed by atoms with Gasteiger partial charge in [0.1, 0.15) is 18.2 Å². The Balaban J connectivity index is 5.05. The Morgan fingerprint density at radius 3 is 1.38 bits per heavy atom. The van der Waals surface area contributed by atoms with Gasteiger partial charge in [0.25, 0.3) is 0 Å². The molecule has 0 fully saturated rings. The van der Waals surface area contributed by atoms with Gasteiger partial charge in [-0.2, -0.15) is 11.8 Å². The second-order valence-electron chi connectivity index (χ2n) is 21.1. The van der Waals surface area contributed by atoms with Gasteiger partial charge in [0.2, 0.25) is 17.7 Å². The van der Waals surface area contributed by atoms with Crippen molar-refractivity contribution in [1.82, 2.24) is 26.6 Å². The zero-order chi connectivity index (χ0) is 56.9.